The molecule has 0 saturated carbocycles. The summed E-state index contributed by atoms with van der Waals surface area (Å²) in [5.41, 5.74) is 4.91. The molecule has 1 heterocycles. The second-order valence-electron chi connectivity index (χ2n) is 6.91. The van der Waals surface area contributed by atoms with Crippen LogP contribution in [0, 0.1) is 0 Å². The molecule has 24 heavy (non-hydrogen) atoms. The Morgan fingerprint density at radius 1 is 1.08 bits per heavy atom. The average molecular weight is 345 g/mol. The van der Waals surface area contributed by atoms with Crippen LogP contribution < -0.4 is 10.6 Å². The fourth-order valence-electron chi connectivity index (χ4n) is 3.11. The number of hydrogen-bond donors (Lipinski definition) is 2. The lowest BCUT2D eigenvalue weighted by Crippen LogP contribution is -2.30. The van der Waals surface area contributed by atoms with Gasteiger partial charge in [0.25, 0.3) is 0 Å². The summed E-state index contributed by atoms with van der Waals surface area (Å²) in [5, 5.41) is 6.40. The maximum absolute atomic E-state index is 12.3. The molecule has 0 atom stereocenters. The summed E-state index contributed by atoms with van der Waals surface area (Å²) in [6.07, 6.45) is 0.490. The normalized spacial score (nSPS) is 13.1. The summed E-state index contributed by atoms with van der Waals surface area (Å²) in [7, 11) is 0. The van der Waals surface area contributed by atoms with Gasteiger partial charge in [-0.25, -0.2) is 0 Å². The number of benzene rings is 2. The number of carbonyl (C=O) groups excluding carboxylic acids is 1. The van der Waals surface area contributed by atoms with Gasteiger partial charge >= 0.3 is 0 Å². The van der Waals surface area contributed by atoms with E-state index in [2.05, 4.69) is 54.8 Å². The monoisotopic (exact) mass is 344 g/mol. The molecular formula is C20H25ClN2O. The lowest BCUT2D eigenvalue weighted by atomic mass is 9.81. The van der Waals surface area contributed by atoms with E-state index in [1.54, 1.807) is 0 Å². The highest BCUT2D eigenvalue weighted by Gasteiger charge is 2.23. The topological polar surface area (TPSA) is 41.1 Å². The average Bonchev–Trinajstić information content (AvgIpc) is 3.01. The van der Waals surface area contributed by atoms with E-state index in [0.29, 0.717) is 13.0 Å². The van der Waals surface area contributed by atoms with Gasteiger partial charge in [0.15, 0.2) is 0 Å². The molecule has 1 amide bonds. The van der Waals surface area contributed by atoms with Crippen LogP contribution in [0.25, 0.3) is 0 Å². The first-order valence-corrected chi connectivity index (χ1v) is 8.18. The molecule has 0 fully saturated rings. The zero-order chi connectivity index (χ0) is 16.3. The van der Waals surface area contributed by atoms with E-state index < -0.39 is 0 Å². The van der Waals surface area contributed by atoms with Crippen LogP contribution >= 0.6 is 12.4 Å². The van der Waals surface area contributed by atoms with Crippen LogP contribution in [0.2, 0.25) is 0 Å². The van der Waals surface area contributed by atoms with Gasteiger partial charge in [-0.05, 0) is 27.7 Å². The van der Waals surface area contributed by atoms with Crippen molar-refractivity contribution in [2.75, 3.05) is 0 Å². The number of amides is 1. The van der Waals surface area contributed by atoms with Crippen LogP contribution in [0.5, 0.6) is 0 Å². The quantitative estimate of drug-likeness (QED) is 0.868. The van der Waals surface area contributed by atoms with Gasteiger partial charge < -0.3 is 10.6 Å². The molecule has 2 N–H and O–H groups in total. The molecule has 3 nitrogen and oxygen atoms in total. The molecule has 2 aromatic rings. The second kappa shape index (κ2) is 7.82. The predicted octanol–water partition coefficient (Wildman–Crippen LogP) is 3.70. The third-order valence-electron chi connectivity index (χ3n) is 4.55. The molecule has 1 aliphatic rings. The van der Waals surface area contributed by atoms with Gasteiger partial charge in [-0.2, -0.15) is 0 Å². The van der Waals surface area contributed by atoms with Crippen molar-refractivity contribution < 1.29 is 4.79 Å². The predicted molar refractivity (Wildman–Crippen MR) is 100 cm³/mol. The zero-order valence-corrected chi connectivity index (χ0v) is 15.1. The van der Waals surface area contributed by atoms with Crippen molar-refractivity contribution >= 4 is 18.3 Å². The van der Waals surface area contributed by atoms with E-state index in [0.717, 1.165) is 13.1 Å². The number of carbonyl (C=O) groups is 1. The molecule has 0 radical (unpaired) electrons. The van der Waals surface area contributed by atoms with Crippen molar-refractivity contribution in [3.63, 3.8) is 0 Å². The van der Waals surface area contributed by atoms with Crippen LogP contribution in [0.15, 0.2) is 48.5 Å². The molecule has 0 aromatic heterocycles. The van der Waals surface area contributed by atoms with Crippen LogP contribution in [-0.4, -0.2) is 5.91 Å². The minimum Gasteiger partial charge on any atom is -0.352 e. The number of halogens is 1. The molecule has 1 aliphatic heterocycles. The van der Waals surface area contributed by atoms with Gasteiger partial charge in [-0.3, -0.25) is 4.79 Å². The number of nitrogens with one attached hydrogen (secondary N) is 2. The van der Waals surface area contributed by atoms with Crippen molar-refractivity contribution in [1.29, 1.82) is 0 Å². The Labute approximate surface area is 150 Å². The molecule has 4 heteroatoms. The highest BCUT2D eigenvalue weighted by molar-refractivity contribution is 5.85. The molecule has 0 spiro atoms. The Morgan fingerprint density at radius 3 is 2.54 bits per heavy atom. The Balaban J connectivity index is 0.00000208. The van der Waals surface area contributed by atoms with Crippen molar-refractivity contribution in [3.05, 3.63) is 70.8 Å². The summed E-state index contributed by atoms with van der Waals surface area (Å²) < 4.78 is 0. The summed E-state index contributed by atoms with van der Waals surface area (Å²) in [4.78, 5) is 12.3. The molecule has 2 aromatic carbocycles. The maximum Gasteiger partial charge on any atom is 0.221 e. The van der Waals surface area contributed by atoms with E-state index in [1.165, 1.54) is 22.3 Å². The highest BCUT2D eigenvalue weighted by Crippen LogP contribution is 2.26. The fourth-order valence-corrected chi connectivity index (χ4v) is 3.11. The molecule has 128 valence electrons. The van der Waals surface area contributed by atoms with Gasteiger partial charge in [0.05, 0.1) is 0 Å². The fraction of sp³-hybridized carbons (Fsp3) is 0.350. The van der Waals surface area contributed by atoms with E-state index in [4.69, 9.17) is 0 Å². The molecule has 3 rings (SSSR count). The second-order valence-corrected chi connectivity index (χ2v) is 6.91. The van der Waals surface area contributed by atoms with Crippen LogP contribution in [-0.2, 0) is 29.8 Å². The van der Waals surface area contributed by atoms with E-state index >= 15 is 0 Å². The first kappa shape index (κ1) is 18.5. The Bertz CT molecular complexity index is 698. The van der Waals surface area contributed by atoms with E-state index in [9.17, 15) is 4.79 Å². The molecule has 0 bridgehead atoms. The standard InChI is InChI=1S/C20H24N2O.ClH/c1-20(2,18-6-4-3-5-7-18)11-19(23)22-12-15-8-9-16-13-21-14-17(16)10-15;/h3-10,21H,11-14H2,1-2H3,(H,22,23);1H. The minimum atomic E-state index is -0.160. The van der Waals surface area contributed by atoms with Gasteiger partial charge in [0.1, 0.15) is 0 Å². The number of hydrogen-bond acceptors (Lipinski definition) is 2. The lowest BCUT2D eigenvalue weighted by molar-refractivity contribution is -0.122. The lowest BCUT2D eigenvalue weighted by Gasteiger charge is -2.24. The molecular weight excluding hydrogens is 320 g/mol. The smallest absolute Gasteiger partial charge is 0.221 e. The SMILES string of the molecule is CC(C)(CC(=O)NCc1ccc2c(c1)CNC2)c1ccccc1.Cl. The largest absolute Gasteiger partial charge is 0.352 e. The molecule has 0 saturated heterocycles. The van der Waals surface area contributed by atoms with Crippen LogP contribution in [0.3, 0.4) is 0 Å². The van der Waals surface area contributed by atoms with Crippen molar-refractivity contribution in [2.24, 2.45) is 0 Å². The van der Waals surface area contributed by atoms with Crippen LogP contribution in [0.1, 0.15) is 42.5 Å². The minimum absolute atomic E-state index is 0. The number of rotatable bonds is 5. The maximum atomic E-state index is 12.3. The zero-order valence-electron chi connectivity index (χ0n) is 14.3. The third-order valence-corrected chi connectivity index (χ3v) is 4.55. The van der Waals surface area contributed by atoms with Crippen molar-refractivity contribution in [2.45, 2.75) is 45.3 Å². The van der Waals surface area contributed by atoms with Crippen molar-refractivity contribution in [3.8, 4) is 0 Å². The first-order chi connectivity index (χ1) is 11.0. The van der Waals surface area contributed by atoms with Gasteiger partial charge in [-0.1, -0.05) is 62.4 Å². The van der Waals surface area contributed by atoms with Crippen molar-refractivity contribution in [1.82, 2.24) is 10.6 Å². The summed E-state index contributed by atoms with van der Waals surface area (Å²) in [6, 6.07) is 16.7. The van der Waals surface area contributed by atoms with E-state index in [-0.39, 0.29) is 23.7 Å². The Hall–Kier alpha value is -1.84. The summed E-state index contributed by atoms with van der Waals surface area (Å²) >= 11 is 0. The number of fused-ring (bicyclic) bond motifs is 1. The van der Waals surface area contributed by atoms with Crippen LogP contribution in [0.4, 0.5) is 0 Å². The van der Waals surface area contributed by atoms with Gasteiger partial charge in [-0.15, -0.1) is 12.4 Å². The van der Waals surface area contributed by atoms with Gasteiger partial charge in [0, 0.05) is 26.1 Å². The molecule has 0 aliphatic carbocycles. The summed E-state index contributed by atoms with van der Waals surface area (Å²) in [5.74, 6) is 0.0949. The van der Waals surface area contributed by atoms with Gasteiger partial charge in [0.2, 0.25) is 5.91 Å². The van der Waals surface area contributed by atoms with E-state index in [1.807, 2.05) is 18.2 Å². The third kappa shape index (κ3) is 4.37. The highest BCUT2D eigenvalue weighted by atomic mass is 35.5. The molecule has 0 unspecified atom stereocenters. The Morgan fingerprint density at radius 2 is 1.79 bits per heavy atom. The first-order valence-electron chi connectivity index (χ1n) is 8.18. The Kier molecular flexibility index (Phi) is 6.03. The summed E-state index contributed by atoms with van der Waals surface area (Å²) in [6.45, 7) is 6.70.